The summed E-state index contributed by atoms with van der Waals surface area (Å²) in [4.78, 5) is 14.8. The van der Waals surface area contributed by atoms with Gasteiger partial charge >= 0.3 is 0 Å². The van der Waals surface area contributed by atoms with Crippen molar-refractivity contribution in [1.29, 1.82) is 5.26 Å². The molecule has 4 saturated carbocycles. The van der Waals surface area contributed by atoms with Crippen LogP contribution >= 0.6 is 0 Å². The van der Waals surface area contributed by atoms with E-state index in [0.717, 1.165) is 43.5 Å². The Morgan fingerprint density at radius 1 is 1.06 bits per heavy atom. The summed E-state index contributed by atoms with van der Waals surface area (Å²) in [5.41, 5.74) is -0.0398. The van der Waals surface area contributed by atoms with Crippen LogP contribution in [0.2, 0.25) is 0 Å². The quantitative estimate of drug-likeness (QED) is 0.644. The number of nitrogens with zero attached hydrogens (tertiary/aromatic N) is 5. The number of aromatic nitrogens is 4. The van der Waals surface area contributed by atoms with Crippen LogP contribution < -0.4 is 5.32 Å². The van der Waals surface area contributed by atoms with Crippen molar-refractivity contribution in [1.82, 2.24) is 30.8 Å². The number of amides is 1. The molecule has 2 N–H and O–H groups in total. The van der Waals surface area contributed by atoms with Crippen LogP contribution in [0.3, 0.4) is 0 Å². The van der Waals surface area contributed by atoms with E-state index in [4.69, 9.17) is 0 Å². The molecule has 2 heterocycles. The molecule has 0 radical (unpaired) electrons. The van der Waals surface area contributed by atoms with E-state index in [1.165, 1.54) is 57.8 Å². The molecule has 5 unspecified atom stereocenters. The van der Waals surface area contributed by atoms with Crippen LogP contribution in [0.1, 0.15) is 82.9 Å². The minimum absolute atomic E-state index is 0.0398. The number of piperidine rings is 1. The molecule has 4 aliphatic carbocycles. The predicted molar refractivity (Wildman–Crippen MR) is 122 cm³/mol. The maximum Gasteiger partial charge on any atom is 0.237 e. The molecular formula is C25H37N7O. The predicted octanol–water partition coefficient (Wildman–Crippen LogP) is 2.95. The lowest BCUT2D eigenvalue weighted by Crippen LogP contribution is -2.56. The van der Waals surface area contributed by atoms with Crippen LogP contribution in [-0.2, 0) is 10.2 Å². The van der Waals surface area contributed by atoms with Gasteiger partial charge in [-0.05, 0) is 74.7 Å². The number of carbonyl (C=O) groups excluding carboxylic acids is 1. The molecule has 1 amide bonds. The number of nitriles is 1. The van der Waals surface area contributed by atoms with E-state index in [1.807, 2.05) is 4.90 Å². The highest BCUT2D eigenvalue weighted by Gasteiger charge is 2.58. The largest absolute Gasteiger partial charge is 0.322 e. The van der Waals surface area contributed by atoms with Gasteiger partial charge in [0.15, 0.2) is 5.82 Å². The van der Waals surface area contributed by atoms with E-state index in [2.05, 4.69) is 32.0 Å². The van der Waals surface area contributed by atoms with E-state index in [-0.39, 0.29) is 17.4 Å². The van der Waals surface area contributed by atoms with Gasteiger partial charge in [-0.25, -0.2) is 0 Å². The number of aromatic amines is 1. The van der Waals surface area contributed by atoms with E-state index in [1.54, 1.807) is 0 Å². The first-order valence-corrected chi connectivity index (χ1v) is 13.4. The van der Waals surface area contributed by atoms with Crippen molar-refractivity contribution >= 4 is 5.91 Å². The second-order valence-electron chi connectivity index (χ2n) is 11.5. The number of likely N-dealkylation sites (tertiary alicyclic amines) is 1. The smallest absolute Gasteiger partial charge is 0.237 e. The third kappa shape index (κ3) is 3.58. The molecule has 5 aliphatic rings. The SMILES string of the molecule is N#CC1C[C@@H]2C[C@@H]2N1C(=O)CNCCC1(c2nn[nH]n2)C2CCCCC2CC2CCCCC21. The number of tetrazole rings is 1. The summed E-state index contributed by atoms with van der Waals surface area (Å²) in [6, 6.07) is 2.43. The van der Waals surface area contributed by atoms with Crippen LogP contribution in [0.4, 0.5) is 0 Å². The van der Waals surface area contributed by atoms with Crippen molar-refractivity contribution in [2.45, 2.75) is 94.5 Å². The van der Waals surface area contributed by atoms with Gasteiger partial charge in [-0.2, -0.15) is 10.5 Å². The molecule has 0 bridgehead atoms. The van der Waals surface area contributed by atoms with Gasteiger partial charge in [-0.1, -0.05) is 43.7 Å². The zero-order valence-electron chi connectivity index (χ0n) is 19.6. The monoisotopic (exact) mass is 451 g/mol. The topological polar surface area (TPSA) is 111 Å². The Kier molecular flexibility index (Phi) is 5.64. The Balaban J connectivity index is 1.20. The summed E-state index contributed by atoms with van der Waals surface area (Å²) in [5.74, 6) is 4.36. The summed E-state index contributed by atoms with van der Waals surface area (Å²) < 4.78 is 0. The molecule has 0 aromatic carbocycles. The van der Waals surface area contributed by atoms with Crippen LogP contribution in [-0.4, -0.2) is 56.6 Å². The van der Waals surface area contributed by atoms with E-state index >= 15 is 0 Å². The first kappa shape index (κ1) is 21.5. The minimum Gasteiger partial charge on any atom is -0.322 e. The van der Waals surface area contributed by atoms with Crippen molar-refractivity contribution in [3.63, 3.8) is 0 Å². The minimum atomic E-state index is -0.224. The van der Waals surface area contributed by atoms with Crippen LogP contribution in [0.15, 0.2) is 0 Å². The summed E-state index contributed by atoms with van der Waals surface area (Å²) in [7, 11) is 0. The Morgan fingerprint density at radius 2 is 1.79 bits per heavy atom. The van der Waals surface area contributed by atoms with Gasteiger partial charge in [0.1, 0.15) is 6.04 Å². The molecule has 7 atom stereocenters. The zero-order valence-corrected chi connectivity index (χ0v) is 19.6. The van der Waals surface area contributed by atoms with Crippen molar-refractivity contribution in [3.05, 3.63) is 5.82 Å². The fourth-order valence-corrected chi connectivity index (χ4v) is 8.69. The van der Waals surface area contributed by atoms with Crippen LogP contribution in [0.5, 0.6) is 0 Å². The molecule has 8 nitrogen and oxygen atoms in total. The van der Waals surface area contributed by atoms with E-state index in [9.17, 15) is 10.1 Å². The summed E-state index contributed by atoms with van der Waals surface area (Å²) >= 11 is 0. The molecule has 1 aromatic rings. The zero-order chi connectivity index (χ0) is 22.4. The molecule has 1 aromatic heterocycles. The van der Waals surface area contributed by atoms with Crippen molar-refractivity contribution in [2.24, 2.45) is 29.6 Å². The number of nitrogens with one attached hydrogen (secondary N) is 2. The summed E-state index contributed by atoms with van der Waals surface area (Å²) in [6.07, 6.45) is 14.8. The number of fused-ring (bicyclic) bond motifs is 3. The average Bonchev–Trinajstić information content (AvgIpc) is 3.23. The van der Waals surface area contributed by atoms with Gasteiger partial charge in [0.05, 0.1) is 12.6 Å². The average molecular weight is 452 g/mol. The van der Waals surface area contributed by atoms with Gasteiger partial charge in [0.25, 0.3) is 0 Å². The maximum absolute atomic E-state index is 12.9. The molecule has 178 valence electrons. The third-order valence-corrected chi connectivity index (χ3v) is 10.0. The highest BCUT2D eigenvalue weighted by atomic mass is 16.2. The molecule has 8 heteroatoms. The van der Waals surface area contributed by atoms with E-state index in [0.29, 0.717) is 30.3 Å². The van der Waals surface area contributed by atoms with Gasteiger partial charge < -0.3 is 10.2 Å². The lowest BCUT2D eigenvalue weighted by Gasteiger charge is -2.58. The van der Waals surface area contributed by atoms with Gasteiger partial charge in [-0.15, -0.1) is 10.2 Å². The number of H-pyrrole nitrogens is 1. The number of carbonyl (C=O) groups is 1. The van der Waals surface area contributed by atoms with Crippen molar-refractivity contribution in [3.8, 4) is 6.07 Å². The second kappa shape index (κ2) is 8.65. The molecule has 0 spiro atoms. The van der Waals surface area contributed by atoms with E-state index < -0.39 is 0 Å². The summed E-state index contributed by atoms with van der Waals surface area (Å²) in [6.45, 7) is 1.11. The lowest BCUT2D eigenvalue weighted by atomic mass is 9.46. The number of hydrogen-bond acceptors (Lipinski definition) is 6. The Bertz CT molecular complexity index is 873. The first-order valence-electron chi connectivity index (χ1n) is 13.4. The second-order valence-corrected chi connectivity index (χ2v) is 11.5. The first-order chi connectivity index (χ1) is 16.2. The Morgan fingerprint density at radius 3 is 2.45 bits per heavy atom. The number of hydrogen-bond donors (Lipinski definition) is 2. The van der Waals surface area contributed by atoms with Crippen molar-refractivity contribution < 1.29 is 4.79 Å². The fourth-order valence-electron chi connectivity index (χ4n) is 8.69. The van der Waals surface area contributed by atoms with Gasteiger partial charge in [0.2, 0.25) is 5.91 Å². The molecular weight excluding hydrogens is 414 g/mol. The van der Waals surface area contributed by atoms with Gasteiger partial charge in [0, 0.05) is 11.5 Å². The Hall–Kier alpha value is -2.01. The third-order valence-electron chi connectivity index (χ3n) is 10.0. The highest BCUT2D eigenvalue weighted by molar-refractivity contribution is 5.80. The molecule has 1 saturated heterocycles. The lowest BCUT2D eigenvalue weighted by molar-refractivity contribution is -0.131. The van der Waals surface area contributed by atoms with Crippen LogP contribution in [0, 0.1) is 40.9 Å². The van der Waals surface area contributed by atoms with Crippen molar-refractivity contribution in [2.75, 3.05) is 13.1 Å². The van der Waals surface area contributed by atoms with Gasteiger partial charge in [-0.3, -0.25) is 4.79 Å². The molecule has 6 rings (SSSR count). The molecule has 1 aliphatic heterocycles. The van der Waals surface area contributed by atoms with Crippen LogP contribution in [0.25, 0.3) is 0 Å². The maximum atomic E-state index is 12.9. The fraction of sp³-hybridized carbons (Fsp3) is 0.880. The molecule has 33 heavy (non-hydrogen) atoms. The standard InChI is InChI=1S/C25H37N7O/c26-14-19-12-18-13-22(18)32(19)23(33)15-27-10-9-25(24-28-30-31-29-24)20-7-3-1-5-16(20)11-17-6-2-4-8-21(17)25/h16-22,27H,1-13,15H2,(H,28,29,30,31)/t16?,17?,18-,19?,20?,21?,22+,25?/m1/s1. The normalized spacial score (nSPS) is 41.5. The Labute approximate surface area is 196 Å². The molecule has 5 fully saturated rings. The summed E-state index contributed by atoms with van der Waals surface area (Å²) in [5, 5.41) is 28.9. The number of rotatable bonds is 6. The highest BCUT2D eigenvalue weighted by Crippen LogP contribution is 2.60.